The molecule has 6 fully saturated rings. The summed E-state index contributed by atoms with van der Waals surface area (Å²) in [6, 6.07) is 4.38. The van der Waals surface area contributed by atoms with Crippen LogP contribution in [0.3, 0.4) is 0 Å². The molecule has 11 rings (SSSR count). The van der Waals surface area contributed by atoms with Crippen molar-refractivity contribution in [1.29, 1.82) is 5.41 Å². The predicted molar refractivity (Wildman–Crippen MR) is 264 cm³/mol. The van der Waals surface area contributed by atoms with Crippen LogP contribution in [0.25, 0.3) is 11.5 Å². The highest BCUT2D eigenvalue weighted by atomic mass is 16.5. The molecule has 4 aliphatic heterocycles. The SMILES string of the molecule is CC(Oc1cc(C2CCC(C3CC[C@@]4(CCCC(C(=N)c5nc(O[C@@H](C)[C@@H]6CCCN6C)cc(C6CCOCC6)n5)=C4O)C(=O)C3)O2)nc(-c2noc3c2CCC[C@@]32CCCCC2=O)n1)[C@@H]1CCCN1C. The molecule has 0 bridgehead atoms. The number of carbonyl (C=O) groups is 2. The van der Waals surface area contributed by atoms with Gasteiger partial charge in [0, 0.05) is 67.3 Å². The molecule has 0 radical (unpaired) electrons. The largest absolute Gasteiger partial charge is 0.511 e. The van der Waals surface area contributed by atoms with E-state index in [1.807, 2.05) is 12.1 Å². The van der Waals surface area contributed by atoms with Crippen LogP contribution in [0.4, 0.5) is 0 Å². The minimum Gasteiger partial charge on any atom is -0.511 e. The third-order valence-electron chi connectivity index (χ3n) is 18.3. The van der Waals surface area contributed by atoms with Gasteiger partial charge in [0.2, 0.25) is 11.8 Å². The number of aliphatic hydroxyl groups is 1. The molecule has 16 nitrogen and oxygen atoms in total. The second-order valence-corrected chi connectivity index (χ2v) is 22.5. The summed E-state index contributed by atoms with van der Waals surface area (Å²) >= 11 is 0. The quantitative estimate of drug-likeness (QED) is 0.163. The van der Waals surface area contributed by atoms with Crippen molar-refractivity contribution < 1.29 is 38.2 Å². The first-order valence-electron chi connectivity index (χ1n) is 27.2. The Bertz CT molecular complexity index is 2540. The maximum atomic E-state index is 14.6. The summed E-state index contributed by atoms with van der Waals surface area (Å²) in [7, 11) is 4.28. The van der Waals surface area contributed by atoms with Gasteiger partial charge < -0.3 is 28.6 Å². The molecule has 9 atom stereocenters. The van der Waals surface area contributed by atoms with Gasteiger partial charge in [0.25, 0.3) is 0 Å². The Kier molecular flexibility index (Phi) is 13.7. The van der Waals surface area contributed by atoms with Crippen LogP contribution >= 0.6 is 0 Å². The van der Waals surface area contributed by atoms with Crippen molar-refractivity contribution in [2.24, 2.45) is 11.3 Å². The van der Waals surface area contributed by atoms with E-state index in [2.05, 4.69) is 42.9 Å². The number of hydrogen-bond acceptors (Lipinski definition) is 16. The van der Waals surface area contributed by atoms with E-state index in [0.717, 1.165) is 108 Å². The number of aliphatic hydroxyl groups excluding tert-OH is 1. The number of fused-ring (bicyclic) bond motifs is 2. The van der Waals surface area contributed by atoms with Gasteiger partial charge in [0.1, 0.15) is 41.3 Å². The van der Waals surface area contributed by atoms with Gasteiger partial charge in [-0.3, -0.25) is 24.8 Å². The zero-order valence-electron chi connectivity index (χ0n) is 42.4. The Balaban J connectivity index is 0.821. The first-order valence-corrected chi connectivity index (χ1v) is 27.2. The number of ether oxygens (including phenoxy) is 4. The van der Waals surface area contributed by atoms with Crippen LogP contribution in [0.15, 0.2) is 28.0 Å². The molecule has 2 N–H and O–H groups in total. The van der Waals surface area contributed by atoms with Crippen LogP contribution in [0.2, 0.25) is 0 Å². The number of nitrogens with zero attached hydrogens (tertiary/aromatic N) is 7. The molecule has 8 aliphatic rings. The highest BCUT2D eigenvalue weighted by Crippen LogP contribution is 2.52. The Labute approximate surface area is 417 Å². The van der Waals surface area contributed by atoms with Gasteiger partial charge in [-0.05, 0) is 163 Å². The van der Waals surface area contributed by atoms with Crippen molar-refractivity contribution in [3.05, 3.63) is 52.0 Å². The minimum absolute atomic E-state index is 0.00890. The molecule has 4 unspecified atom stereocenters. The lowest BCUT2D eigenvalue weighted by molar-refractivity contribution is -0.136. The molecule has 3 aromatic rings. The zero-order chi connectivity index (χ0) is 49.0. The standard InChI is InChI=1S/C55H74N8O8/c1-32(40-13-9-25-62(40)3)68-46-30-38(34-19-27-67-28-20-34)57-52(59-46)48(56)36-11-7-22-54(50(36)66)24-18-35(29-45(54)65)42-16-17-43(70-42)39-31-47(69-33(2)41-14-10-26-63(41)4)60-53(58-39)49-37-12-8-23-55(51(37)71-61-49)21-6-5-15-44(55)64/h30-35,40-43,56,66H,5-29H2,1-4H3/t32-,33?,35?,40-,41-,42?,43?,54-,55+/m0/s1. The molecule has 4 aliphatic carbocycles. The van der Waals surface area contributed by atoms with Crippen LogP contribution in [0, 0.1) is 16.7 Å². The maximum absolute atomic E-state index is 14.6. The Morgan fingerprint density at radius 2 is 1.44 bits per heavy atom. The lowest BCUT2D eigenvalue weighted by atomic mass is 9.61. The van der Waals surface area contributed by atoms with Crippen molar-refractivity contribution in [3.63, 3.8) is 0 Å². The summed E-state index contributed by atoms with van der Waals surface area (Å²) in [6.45, 7) is 7.55. The van der Waals surface area contributed by atoms with Gasteiger partial charge >= 0.3 is 0 Å². The molecule has 382 valence electrons. The third-order valence-corrected chi connectivity index (χ3v) is 18.3. The monoisotopic (exact) mass is 975 g/mol. The normalized spacial score (nSPS) is 31.9. The second-order valence-electron chi connectivity index (χ2n) is 22.5. The van der Waals surface area contributed by atoms with Crippen LogP contribution in [0.5, 0.6) is 11.8 Å². The molecule has 0 amide bonds. The molecule has 7 heterocycles. The van der Waals surface area contributed by atoms with Crippen molar-refractivity contribution in [3.8, 4) is 23.3 Å². The van der Waals surface area contributed by atoms with Gasteiger partial charge in [-0.2, -0.15) is 9.97 Å². The van der Waals surface area contributed by atoms with E-state index < -0.39 is 10.8 Å². The van der Waals surface area contributed by atoms with Gasteiger partial charge in [0.15, 0.2) is 23.1 Å². The number of ketones is 2. The van der Waals surface area contributed by atoms with E-state index >= 15 is 0 Å². The molecule has 16 heteroatoms. The lowest BCUT2D eigenvalue weighted by Gasteiger charge is -2.42. The second kappa shape index (κ2) is 20.0. The van der Waals surface area contributed by atoms with Crippen molar-refractivity contribution in [2.45, 2.75) is 197 Å². The molecule has 2 saturated carbocycles. The highest BCUT2D eigenvalue weighted by molar-refractivity contribution is 6.09. The summed E-state index contributed by atoms with van der Waals surface area (Å²) < 4.78 is 32.0. The van der Waals surface area contributed by atoms with Crippen molar-refractivity contribution in [2.75, 3.05) is 40.4 Å². The molecule has 3 aromatic heterocycles. The van der Waals surface area contributed by atoms with E-state index in [1.54, 1.807) is 0 Å². The smallest absolute Gasteiger partial charge is 0.217 e. The van der Waals surface area contributed by atoms with E-state index in [9.17, 15) is 20.1 Å². The summed E-state index contributed by atoms with van der Waals surface area (Å²) in [5, 5.41) is 26.4. The fourth-order valence-electron chi connectivity index (χ4n) is 14.2. The molecule has 71 heavy (non-hydrogen) atoms. The fraction of sp³-hybridized carbons (Fsp3) is 0.709. The van der Waals surface area contributed by atoms with Gasteiger partial charge in [-0.1, -0.05) is 11.6 Å². The van der Waals surface area contributed by atoms with Gasteiger partial charge in [-0.25, -0.2) is 9.97 Å². The minimum atomic E-state index is -1.05. The maximum Gasteiger partial charge on any atom is 0.217 e. The van der Waals surface area contributed by atoms with Crippen molar-refractivity contribution in [1.82, 2.24) is 34.9 Å². The van der Waals surface area contributed by atoms with Crippen molar-refractivity contribution >= 4 is 17.3 Å². The zero-order valence-corrected chi connectivity index (χ0v) is 42.4. The summed E-state index contributed by atoms with van der Waals surface area (Å²) in [6.07, 6.45) is 15.6. The number of aromatic nitrogens is 5. The number of likely N-dealkylation sites (tertiary alicyclic amines) is 2. The average molecular weight is 975 g/mol. The molecule has 2 spiro atoms. The lowest BCUT2D eigenvalue weighted by Crippen LogP contribution is -2.44. The summed E-state index contributed by atoms with van der Waals surface area (Å²) in [5.41, 5.74) is 1.91. The number of likely N-dealkylation sites (N-methyl/N-ethyl adjacent to an activating group) is 2. The molecular formula is C55H74N8O8. The first-order chi connectivity index (χ1) is 34.4. The Morgan fingerprint density at radius 1 is 0.746 bits per heavy atom. The predicted octanol–water partition coefficient (Wildman–Crippen LogP) is 8.90. The summed E-state index contributed by atoms with van der Waals surface area (Å²) in [4.78, 5) is 52.8. The number of carbonyl (C=O) groups excluding carboxylic acids is 2. The van der Waals surface area contributed by atoms with Crippen LogP contribution < -0.4 is 9.47 Å². The molecule has 0 aromatic carbocycles. The van der Waals surface area contributed by atoms with E-state index in [-0.39, 0.29) is 83.6 Å². The van der Waals surface area contributed by atoms with Gasteiger partial charge in [-0.15, -0.1) is 0 Å². The van der Waals surface area contributed by atoms with E-state index in [0.29, 0.717) is 98.5 Å². The van der Waals surface area contributed by atoms with Crippen LogP contribution in [0.1, 0.15) is 183 Å². The average Bonchev–Trinajstić information content (AvgIpc) is 4.22. The van der Waals surface area contributed by atoms with Crippen LogP contribution in [-0.4, -0.2) is 128 Å². The Morgan fingerprint density at radius 3 is 2.14 bits per heavy atom. The topological polar surface area (TPSA) is 199 Å². The highest BCUT2D eigenvalue weighted by Gasteiger charge is 2.52. The first kappa shape index (κ1) is 48.6. The fourth-order valence-corrected chi connectivity index (χ4v) is 14.2. The van der Waals surface area contributed by atoms with E-state index in [1.165, 1.54) is 0 Å². The molecule has 4 saturated heterocycles. The molecular weight excluding hydrogens is 901 g/mol. The number of hydrogen-bond donors (Lipinski definition) is 2. The number of nitrogens with one attached hydrogen (secondary N) is 1. The number of rotatable bonds is 12. The van der Waals surface area contributed by atoms with E-state index in [4.69, 9.17) is 43.4 Å². The number of Topliss-reactive ketones (excluding diaryl/α,β-unsaturated/α-hetero) is 2. The number of allylic oxidation sites excluding steroid dienone is 2. The summed E-state index contributed by atoms with van der Waals surface area (Å²) in [5.74, 6) is 2.67. The Hall–Kier alpha value is -4.64. The third kappa shape index (κ3) is 9.15. The van der Waals surface area contributed by atoms with Gasteiger partial charge in [0.05, 0.1) is 28.3 Å². The van der Waals surface area contributed by atoms with Crippen LogP contribution in [-0.2, 0) is 30.9 Å².